The standard InChI is InChI=1S/C18H20ClNO2/c1-3-13-5-11-16(12-6-13)22-17(4-2)18(21)20-15-9-7-14(19)8-10-15/h5-12,17H,3-4H2,1-2H3,(H,20,21). The number of halogens is 1. The van der Waals surface area contributed by atoms with Crippen LogP contribution in [0.25, 0.3) is 0 Å². The van der Waals surface area contributed by atoms with Crippen molar-refractivity contribution in [3.8, 4) is 5.75 Å². The van der Waals surface area contributed by atoms with Gasteiger partial charge in [0.2, 0.25) is 0 Å². The van der Waals surface area contributed by atoms with E-state index in [-0.39, 0.29) is 5.91 Å². The van der Waals surface area contributed by atoms with Crippen LogP contribution in [0.1, 0.15) is 25.8 Å². The average molecular weight is 318 g/mol. The Bertz CT molecular complexity index is 608. The number of hydrogen-bond donors (Lipinski definition) is 1. The molecule has 3 nitrogen and oxygen atoms in total. The molecule has 4 heteroatoms. The molecule has 0 saturated carbocycles. The monoisotopic (exact) mass is 317 g/mol. The minimum absolute atomic E-state index is 0.163. The van der Waals surface area contributed by atoms with Crippen molar-refractivity contribution in [2.75, 3.05) is 5.32 Å². The van der Waals surface area contributed by atoms with Gasteiger partial charge in [0.25, 0.3) is 5.91 Å². The summed E-state index contributed by atoms with van der Waals surface area (Å²) in [5, 5.41) is 3.48. The molecular formula is C18H20ClNO2. The number of carbonyl (C=O) groups excluding carboxylic acids is 1. The molecule has 0 bridgehead atoms. The van der Waals surface area contributed by atoms with E-state index in [1.165, 1.54) is 5.56 Å². The number of hydrogen-bond acceptors (Lipinski definition) is 2. The first-order valence-electron chi connectivity index (χ1n) is 7.44. The molecule has 2 aromatic rings. The van der Waals surface area contributed by atoms with Crippen molar-refractivity contribution in [2.24, 2.45) is 0 Å². The SMILES string of the molecule is CCc1ccc(OC(CC)C(=O)Nc2ccc(Cl)cc2)cc1. The third kappa shape index (κ3) is 4.50. The van der Waals surface area contributed by atoms with Gasteiger partial charge >= 0.3 is 0 Å². The molecule has 0 spiro atoms. The van der Waals surface area contributed by atoms with E-state index in [9.17, 15) is 4.79 Å². The first-order chi connectivity index (χ1) is 10.6. The zero-order chi connectivity index (χ0) is 15.9. The number of aryl methyl sites for hydroxylation is 1. The van der Waals surface area contributed by atoms with Crippen LogP contribution < -0.4 is 10.1 Å². The first kappa shape index (κ1) is 16.4. The Labute approximate surface area is 136 Å². The Morgan fingerprint density at radius 3 is 2.27 bits per heavy atom. The molecule has 2 aromatic carbocycles. The van der Waals surface area contributed by atoms with Gasteiger partial charge in [-0.05, 0) is 54.8 Å². The quantitative estimate of drug-likeness (QED) is 0.838. The average Bonchev–Trinajstić information content (AvgIpc) is 2.55. The van der Waals surface area contributed by atoms with Gasteiger partial charge in [-0.1, -0.05) is 37.6 Å². The lowest BCUT2D eigenvalue weighted by atomic mass is 10.1. The molecule has 1 amide bonds. The van der Waals surface area contributed by atoms with Gasteiger partial charge in [-0.25, -0.2) is 0 Å². The Morgan fingerprint density at radius 1 is 1.09 bits per heavy atom. The molecule has 0 heterocycles. The van der Waals surface area contributed by atoms with Crippen molar-refractivity contribution >= 4 is 23.2 Å². The van der Waals surface area contributed by atoms with Crippen LogP contribution in [0, 0.1) is 0 Å². The second kappa shape index (κ2) is 7.85. The number of amides is 1. The maximum atomic E-state index is 12.3. The summed E-state index contributed by atoms with van der Waals surface area (Å²) in [6.45, 7) is 4.02. The van der Waals surface area contributed by atoms with Crippen LogP contribution >= 0.6 is 11.6 Å². The molecule has 0 aliphatic heterocycles. The molecular weight excluding hydrogens is 298 g/mol. The molecule has 22 heavy (non-hydrogen) atoms. The Hall–Kier alpha value is -2.00. The van der Waals surface area contributed by atoms with Crippen molar-refractivity contribution < 1.29 is 9.53 Å². The van der Waals surface area contributed by atoms with Gasteiger partial charge in [-0.3, -0.25) is 4.79 Å². The van der Waals surface area contributed by atoms with Gasteiger partial charge in [0.15, 0.2) is 6.10 Å². The smallest absolute Gasteiger partial charge is 0.265 e. The summed E-state index contributed by atoms with van der Waals surface area (Å²) in [7, 11) is 0. The van der Waals surface area contributed by atoms with Gasteiger partial charge in [0, 0.05) is 10.7 Å². The molecule has 1 unspecified atom stereocenters. The van der Waals surface area contributed by atoms with Crippen molar-refractivity contribution in [3.63, 3.8) is 0 Å². The van der Waals surface area contributed by atoms with E-state index in [1.54, 1.807) is 24.3 Å². The Balaban J connectivity index is 2.00. The number of rotatable bonds is 6. The van der Waals surface area contributed by atoms with Gasteiger partial charge in [-0.2, -0.15) is 0 Å². The number of nitrogens with one attached hydrogen (secondary N) is 1. The number of anilines is 1. The van der Waals surface area contributed by atoms with E-state index in [0.29, 0.717) is 22.9 Å². The van der Waals surface area contributed by atoms with E-state index in [2.05, 4.69) is 12.2 Å². The van der Waals surface area contributed by atoms with Crippen molar-refractivity contribution in [1.82, 2.24) is 0 Å². The Kier molecular flexibility index (Phi) is 5.84. The molecule has 0 aromatic heterocycles. The van der Waals surface area contributed by atoms with Crippen LogP contribution in [0.3, 0.4) is 0 Å². The molecule has 0 aliphatic carbocycles. The number of benzene rings is 2. The second-order valence-corrected chi connectivity index (χ2v) is 5.44. The summed E-state index contributed by atoms with van der Waals surface area (Å²) in [4.78, 5) is 12.3. The lowest BCUT2D eigenvalue weighted by Crippen LogP contribution is -2.32. The third-order valence-electron chi connectivity index (χ3n) is 3.38. The summed E-state index contributed by atoms with van der Waals surface area (Å²) >= 11 is 5.83. The summed E-state index contributed by atoms with van der Waals surface area (Å²) in [6.07, 6.45) is 1.05. The summed E-state index contributed by atoms with van der Waals surface area (Å²) in [5.41, 5.74) is 1.95. The molecule has 116 valence electrons. The lowest BCUT2D eigenvalue weighted by Gasteiger charge is -2.17. The second-order valence-electron chi connectivity index (χ2n) is 5.01. The highest BCUT2D eigenvalue weighted by atomic mass is 35.5. The van der Waals surface area contributed by atoms with E-state index < -0.39 is 6.10 Å². The third-order valence-corrected chi connectivity index (χ3v) is 3.64. The maximum absolute atomic E-state index is 12.3. The van der Waals surface area contributed by atoms with Crippen LogP contribution in [0.15, 0.2) is 48.5 Å². The zero-order valence-electron chi connectivity index (χ0n) is 12.8. The van der Waals surface area contributed by atoms with Gasteiger partial charge < -0.3 is 10.1 Å². The molecule has 0 saturated heterocycles. The van der Waals surface area contributed by atoms with Gasteiger partial charge in [0.1, 0.15) is 5.75 Å². The molecule has 2 rings (SSSR count). The molecule has 0 fully saturated rings. The fourth-order valence-corrected chi connectivity index (χ4v) is 2.17. The number of carbonyl (C=O) groups is 1. The van der Waals surface area contributed by atoms with E-state index in [1.807, 2.05) is 31.2 Å². The van der Waals surface area contributed by atoms with Gasteiger partial charge in [-0.15, -0.1) is 0 Å². The van der Waals surface area contributed by atoms with Crippen LogP contribution in [-0.4, -0.2) is 12.0 Å². The fourth-order valence-electron chi connectivity index (χ4n) is 2.05. The molecule has 1 N–H and O–H groups in total. The Morgan fingerprint density at radius 2 is 1.73 bits per heavy atom. The number of ether oxygens (including phenoxy) is 1. The predicted molar refractivity (Wildman–Crippen MR) is 90.6 cm³/mol. The topological polar surface area (TPSA) is 38.3 Å². The zero-order valence-corrected chi connectivity index (χ0v) is 13.6. The minimum Gasteiger partial charge on any atom is -0.481 e. The van der Waals surface area contributed by atoms with Crippen LogP contribution in [-0.2, 0) is 11.2 Å². The maximum Gasteiger partial charge on any atom is 0.265 e. The van der Waals surface area contributed by atoms with E-state index in [4.69, 9.17) is 16.3 Å². The summed E-state index contributed by atoms with van der Waals surface area (Å²) in [5.74, 6) is 0.541. The van der Waals surface area contributed by atoms with Crippen LogP contribution in [0.2, 0.25) is 5.02 Å². The highest BCUT2D eigenvalue weighted by Crippen LogP contribution is 2.17. The fraction of sp³-hybridized carbons (Fsp3) is 0.278. The predicted octanol–water partition coefficient (Wildman–Crippen LogP) is 4.70. The highest BCUT2D eigenvalue weighted by molar-refractivity contribution is 6.30. The van der Waals surface area contributed by atoms with Crippen LogP contribution in [0.4, 0.5) is 5.69 Å². The molecule has 0 radical (unpaired) electrons. The van der Waals surface area contributed by atoms with Gasteiger partial charge in [0.05, 0.1) is 0 Å². The van der Waals surface area contributed by atoms with E-state index >= 15 is 0 Å². The normalized spacial score (nSPS) is 11.8. The van der Waals surface area contributed by atoms with Crippen molar-refractivity contribution in [3.05, 3.63) is 59.1 Å². The summed E-state index contributed by atoms with van der Waals surface area (Å²) < 4.78 is 5.78. The van der Waals surface area contributed by atoms with E-state index in [0.717, 1.165) is 6.42 Å². The van der Waals surface area contributed by atoms with Crippen LogP contribution in [0.5, 0.6) is 5.75 Å². The first-order valence-corrected chi connectivity index (χ1v) is 7.82. The summed E-state index contributed by atoms with van der Waals surface area (Å²) in [6, 6.07) is 14.8. The minimum atomic E-state index is -0.525. The lowest BCUT2D eigenvalue weighted by molar-refractivity contribution is -0.122. The van der Waals surface area contributed by atoms with Crippen molar-refractivity contribution in [2.45, 2.75) is 32.8 Å². The van der Waals surface area contributed by atoms with Crippen molar-refractivity contribution in [1.29, 1.82) is 0 Å². The molecule has 1 atom stereocenters. The largest absolute Gasteiger partial charge is 0.481 e. The molecule has 0 aliphatic rings. The highest BCUT2D eigenvalue weighted by Gasteiger charge is 2.18.